The maximum absolute atomic E-state index is 13.1. The minimum absolute atomic E-state index is 0.0796. The zero-order valence-corrected chi connectivity index (χ0v) is 9.89. The molecule has 4 heteroatoms. The van der Waals surface area contributed by atoms with Crippen LogP contribution in [0.25, 0.3) is 11.1 Å². The lowest BCUT2D eigenvalue weighted by Crippen LogP contribution is -1.92. The molecule has 0 amide bonds. The molecular weight excluding hydrogens is 245 g/mol. The molecule has 0 atom stereocenters. The molecule has 0 radical (unpaired) electrons. The number of halogens is 2. The summed E-state index contributed by atoms with van der Waals surface area (Å²) in [6, 6.07) is 10.2. The topological polar surface area (TPSA) is 26.0 Å². The van der Waals surface area contributed by atoms with Crippen LogP contribution in [0.1, 0.15) is 0 Å². The van der Waals surface area contributed by atoms with E-state index in [1.165, 1.54) is 12.1 Å². The monoisotopic (exact) mass is 253 g/mol. The van der Waals surface area contributed by atoms with Crippen LogP contribution in [0.2, 0.25) is 5.02 Å². The van der Waals surface area contributed by atoms with Crippen LogP contribution >= 0.6 is 24.2 Å². The van der Waals surface area contributed by atoms with Crippen molar-refractivity contribution < 1.29 is 4.39 Å². The van der Waals surface area contributed by atoms with Gasteiger partial charge in [-0.25, -0.2) is 4.39 Å². The number of thiol groups is 1. The van der Waals surface area contributed by atoms with Crippen LogP contribution in [0, 0.1) is 5.82 Å². The lowest BCUT2D eigenvalue weighted by Gasteiger charge is -2.08. The molecule has 0 spiro atoms. The third-order valence-corrected chi connectivity index (χ3v) is 2.98. The largest absolute Gasteiger partial charge is 0.396 e. The van der Waals surface area contributed by atoms with Gasteiger partial charge in [0.2, 0.25) is 0 Å². The Kier molecular flexibility index (Phi) is 3.08. The first-order valence-corrected chi connectivity index (χ1v) is 5.45. The molecule has 1 nitrogen and oxygen atoms in total. The predicted molar refractivity (Wildman–Crippen MR) is 68.5 cm³/mol. The fourth-order valence-electron chi connectivity index (χ4n) is 1.47. The Hall–Kier alpha value is -1.19. The second-order valence-corrected chi connectivity index (χ2v) is 4.26. The van der Waals surface area contributed by atoms with Gasteiger partial charge in [0.25, 0.3) is 0 Å². The third-order valence-electron chi connectivity index (χ3n) is 2.28. The maximum atomic E-state index is 13.1. The first-order chi connectivity index (χ1) is 7.59. The summed E-state index contributed by atoms with van der Waals surface area (Å²) < 4.78 is 13.1. The van der Waals surface area contributed by atoms with Crippen molar-refractivity contribution in [2.45, 2.75) is 4.90 Å². The van der Waals surface area contributed by atoms with Gasteiger partial charge >= 0.3 is 0 Å². The van der Waals surface area contributed by atoms with Gasteiger partial charge in [-0.3, -0.25) is 0 Å². The fraction of sp³-hybridized carbons (Fsp3) is 0. The summed E-state index contributed by atoms with van der Waals surface area (Å²) in [6.07, 6.45) is 0. The molecule has 0 aliphatic heterocycles. The Morgan fingerprint density at radius 2 is 1.81 bits per heavy atom. The van der Waals surface area contributed by atoms with E-state index in [4.69, 9.17) is 17.3 Å². The average molecular weight is 254 g/mol. The summed E-state index contributed by atoms with van der Waals surface area (Å²) in [6.45, 7) is 0. The second kappa shape index (κ2) is 4.36. The highest BCUT2D eigenvalue weighted by Crippen LogP contribution is 2.34. The lowest BCUT2D eigenvalue weighted by molar-refractivity contribution is 0.633. The summed E-state index contributed by atoms with van der Waals surface area (Å²) in [5.74, 6) is -0.509. The molecule has 2 aromatic rings. The van der Waals surface area contributed by atoms with E-state index in [1.54, 1.807) is 0 Å². The van der Waals surface area contributed by atoms with Crippen molar-refractivity contribution in [2.24, 2.45) is 0 Å². The molecular formula is C12H9ClFNS. The Bertz CT molecular complexity index is 543. The van der Waals surface area contributed by atoms with Gasteiger partial charge < -0.3 is 5.73 Å². The maximum Gasteiger partial charge on any atom is 0.147 e. The van der Waals surface area contributed by atoms with Gasteiger partial charge in [0.15, 0.2) is 0 Å². The van der Waals surface area contributed by atoms with Crippen LogP contribution in [-0.4, -0.2) is 0 Å². The molecule has 2 aromatic carbocycles. The van der Waals surface area contributed by atoms with Crippen molar-refractivity contribution in [1.82, 2.24) is 0 Å². The number of nitrogens with two attached hydrogens (primary N) is 1. The number of rotatable bonds is 1. The summed E-state index contributed by atoms with van der Waals surface area (Å²) in [7, 11) is 0. The van der Waals surface area contributed by atoms with Crippen molar-refractivity contribution in [3.05, 3.63) is 47.2 Å². The summed E-state index contributed by atoms with van der Waals surface area (Å²) in [4.78, 5) is 0.774. The van der Waals surface area contributed by atoms with Crippen LogP contribution in [0.15, 0.2) is 41.3 Å². The summed E-state index contributed by atoms with van der Waals surface area (Å²) in [5.41, 5.74) is 7.12. The standard InChI is InChI=1S/C12H9ClFNS/c13-9-6-10(14)11(15)5-8(9)7-3-1-2-4-12(7)16/h1-6,16H,15H2. The van der Waals surface area contributed by atoms with Crippen molar-refractivity contribution in [1.29, 1.82) is 0 Å². The Morgan fingerprint density at radius 1 is 1.12 bits per heavy atom. The third kappa shape index (κ3) is 2.01. The van der Waals surface area contributed by atoms with Crippen molar-refractivity contribution in [3.63, 3.8) is 0 Å². The van der Waals surface area contributed by atoms with E-state index < -0.39 is 5.82 Å². The first kappa shape index (κ1) is 11.3. The number of anilines is 1. The van der Waals surface area contributed by atoms with Gasteiger partial charge in [0.1, 0.15) is 5.82 Å². The molecule has 0 aromatic heterocycles. The molecule has 2 N–H and O–H groups in total. The van der Waals surface area contributed by atoms with Crippen LogP contribution in [0.4, 0.5) is 10.1 Å². The Balaban J connectivity index is 2.65. The smallest absolute Gasteiger partial charge is 0.147 e. The van der Waals surface area contributed by atoms with Gasteiger partial charge in [-0.05, 0) is 23.8 Å². The average Bonchev–Trinajstić information content (AvgIpc) is 2.25. The zero-order valence-electron chi connectivity index (χ0n) is 8.24. The Labute approximate surface area is 103 Å². The molecule has 82 valence electrons. The molecule has 0 saturated heterocycles. The minimum Gasteiger partial charge on any atom is -0.396 e. The van der Waals surface area contributed by atoms with E-state index in [2.05, 4.69) is 12.6 Å². The minimum atomic E-state index is -0.509. The molecule has 0 heterocycles. The van der Waals surface area contributed by atoms with E-state index in [0.29, 0.717) is 10.6 Å². The lowest BCUT2D eigenvalue weighted by atomic mass is 10.0. The van der Waals surface area contributed by atoms with Crippen molar-refractivity contribution in [3.8, 4) is 11.1 Å². The van der Waals surface area contributed by atoms with E-state index in [0.717, 1.165) is 10.5 Å². The highest BCUT2D eigenvalue weighted by atomic mass is 35.5. The van der Waals surface area contributed by atoms with Crippen molar-refractivity contribution >= 4 is 29.9 Å². The molecule has 0 bridgehead atoms. The summed E-state index contributed by atoms with van der Waals surface area (Å²) >= 11 is 10.3. The van der Waals surface area contributed by atoms with Crippen LogP contribution in [-0.2, 0) is 0 Å². The quantitative estimate of drug-likeness (QED) is 0.583. The van der Waals surface area contributed by atoms with Crippen LogP contribution < -0.4 is 5.73 Å². The highest BCUT2D eigenvalue weighted by Gasteiger charge is 2.10. The number of hydrogen-bond acceptors (Lipinski definition) is 2. The zero-order chi connectivity index (χ0) is 11.7. The molecule has 0 aliphatic rings. The number of benzene rings is 2. The number of nitrogen functional groups attached to an aromatic ring is 1. The Morgan fingerprint density at radius 3 is 2.50 bits per heavy atom. The summed E-state index contributed by atoms with van der Waals surface area (Å²) in [5, 5.41) is 0.327. The fourth-order valence-corrected chi connectivity index (χ4v) is 2.01. The highest BCUT2D eigenvalue weighted by molar-refractivity contribution is 7.80. The van der Waals surface area contributed by atoms with E-state index in [1.807, 2.05) is 24.3 Å². The SMILES string of the molecule is Nc1cc(-c2ccccc2S)c(Cl)cc1F. The van der Waals surface area contributed by atoms with Gasteiger partial charge in [-0.1, -0.05) is 29.8 Å². The van der Waals surface area contributed by atoms with E-state index in [-0.39, 0.29) is 5.69 Å². The van der Waals surface area contributed by atoms with E-state index in [9.17, 15) is 4.39 Å². The first-order valence-electron chi connectivity index (χ1n) is 4.62. The number of hydrogen-bond donors (Lipinski definition) is 2. The molecule has 0 fully saturated rings. The van der Waals surface area contributed by atoms with Crippen molar-refractivity contribution in [2.75, 3.05) is 5.73 Å². The van der Waals surface area contributed by atoms with Crippen LogP contribution in [0.3, 0.4) is 0 Å². The molecule has 0 unspecified atom stereocenters. The normalized spacial score (nSPS) is 10.4. The van der Waals surface area contributed by atoms with Crippen LogP contribution in [0.5, 0.6) is 0 Å². The molecule has 0 saturated carbocycles. The van der Waals surface area contributed by atoms with E-state index >= 15 is 0 Å². The molecule has 0 aliphatic carbocycles. The van der Waals surface area contributed by atoms with Gasteiger partial charge in [-0.15, -0.1) is 12.6 Å². The van der Waals surface area contributed by atoms with Gasteiger partial charge in [-0.2, -0.15) is 0 Å². The molecule has 2 rings (SSSR count). The van der Waals surface area contributed by atoms with Gasteiger partial charge in [0.05, 0.1) is 10.7 Å². The second-order valence-electron chi connectivity index (χ2n) is 3.37. The van der Waals surface area contributed by atoms with Gasteiger partial charge in [0, 0.05) is 10.5 Å². The predicted octanol–water partition coefficient (Wildman–Crippen LogP) is 4.02. The molecule has 16 heavy (non-hydrogen) atoms.